The molecule has 2 aromatic carbocycles. The minimum absolute atomic E-state index is 0.184. The Morgan fingerprint density at radius 1 is 0.857 bits per heavy atom. The number of allylic oxidation sites excluding steroid dienone is 6. The van der Waals surface area contributed by atoms with Gasteiger partial charge in [0.15, 0.2) is 0 Å². The highest BCUT2D eigenvalue weighted by atomic mass is 28.4. The predicted molar refractivity (Wildman–Crippen MR) is 117 cm³/mol. The van der Waals surface area contributed by atoms with Gasteiger partial charge in [0.25, 0.3) is 6.08 Å². The van der Waals surface area contributed by atoms with Crippen LogP contribution in [0.25, 0.3) is 0 Å². The van der Waals surface area contributed by atoms with Gasteiger partial charge in [0.1, 0.15) is 0 Å². The minimum Gasteiger partial charge on any atom is -0.434 e. The number of benzene rings is 2. The van der Waals surface area contributed by atoms with E-state index in [0.717, 1.165) is 10.4 Å². The number of isocyanates is 1. The Kier molecular flexibility index (Phi) is 5.93. The van der Waals surface area contributed by atoms with E-state index in [9.17, 15) is 4.79 Å². The van der Waals surface area contributed by atoms with Crippen molar-refractivity contribution < 1.29 is 9.32 Å². The van der Waals surface area contributed by atoms with Gasteiger partial charge < -0.3 is 4.53 Å². The molecule has 0 radical (unpaired) electrons. The van der Waals surface area contributed by atoms with E-state index in [2.05, 4.69) is 50.2 Å². The molecule has 0 saturated heterocycles. The summed E-state index contributed by atoms with van der Waals surface area (Å²) in [6, 6.07) is 20.1. The average molecular weight is 388 g/mol. The van der Waals surface area contributed by atoms with Gasteiger partial charge in [-0.1, -0.05) is 106 Å². The second-order valence-electron chi connectivity index (χ2n) is 7.93. The molecule has 0 unspecified atom stereocenters. The van der Waals surface area contributed by atoms with Gasteiger partial charge in [0.05, 0.1) is 0 Å². The highest BCUT2D eigenvalue weighted by Crippen LogP contribution is 2.36. The fraction of sp³-hybridized carbons (Fsp3) is 0.208. The van der Waals surface area contributed by atoms with Crippen molar-refractivity contribution in [2.45, 2.75) is 32.2 Å². The van der Waals surface area contributed by atoms with Crippen LogP contribution >= 0.6 is 0 Å². The third-order valence-corrected chi connectivity index (χ3v) is 9.84. The van der Waals surface area contributed by atoms with Crippen LogP contribution in [0.15, 0.2) is 101 Å². The zero-order chi connectivity index (χ0) is 20.0. The zero-order valence-corrected chi connectivity index (χ0v) is 17.6. The molecule has 0 fully saturated rings. The zero-order valence-electron chi connectivity index (χ0n) is 16.6. The molecule has 2 aromatic rings. The summed E-state index contributed by atoms with van der Waals surface area (Å²) in [5.74, 6) is 0. The highest BCUT2D eigenvalue weighted by Gasteiger charge is 2.53. The van der Waals surface area contributed by atoms with E-state index in [1.165, 1.54) is 23.6 Å². The average Bonchev–Trinajstić information content (AvgIpc) is 3.36. The fourth-order valence-electron chi connectivity index (χ4n) is 3.72. The Morgan fingerprint density at radius 2 is 1.32 bits per heavy atom. The number of rotatable bonds is 4. The van der Waals surface area contributed by atoms with Crippen LogP contribution < -0.4 is 10.4 Å². The third kappa shape index (κ3) is 3.98. The normalized spacial score (nSPS) is 14.4. The van der Waals surface area contributed by atoms with Gasteiger partial charge in [-0.05, 0) is 33.1 Å². The SMILES string of the molecule is C1=CC2=CC=C1C2.CC(C)(C)[Si](ON=C=O)(c1ccccc1)c1ccccc1. The Balaban J connectivity index is 0.000000264. The Labute approximate surface area is 167 Å². The van der Waals surface area contributed by atoms with Crippen LogP contribution in [0.2, 0.25) is 5.04 Å². The summed E-state index contributed by atoms with van der Waals surface area (Å²) in [6.07, 6.45) is 11.4. The molecule has 2 aliphatic carbocycles. The lowest BCUT2D eigenvalue weighted by atomic mass is 10.2. The van der Waals surface area contributed by atoms with Crippen molar-refractivity contribution in [1.82, 2.24) is 0 Å². The molecular formula is C24H25NO2Si. The lowest BCUT2D eigenvalue weighted by Crippen LogP contribution is -2.65. The number of hydrogen-bond acceptors (Lipinski definition) is 3. The molecule has 4 rings (SSSR count). The molecule has 142 valence electrons. The van der Waals surface area contributed by atoms with Crippen molar-refractivity contribution in [1.29, 1.82) is 0 Å². The van der Waals surface area contributed by atoms with E-state index in [1.54, 1.807) is 0 Å². The molecule has 0 aliphatic heterocycles. The fourth-order valence-corrected chi connectivity index (χ4v) is 7.77. The molecule has 0 saturated carbocycles. The maximum atomic E-state index is 10.6. The molecule has 0 N–H and O–H groups in total. The molecule has 4 heteroatoms. The third-order valence-electron chi connectivity index (χ3n) is 5.07. The topological polar surface area (TPSA) is 38.7 Å². The number of carbonyl (C=O) groups excluding carboxylic acids is 1. The second kappa shape index (κ2) is 8.38. The summed E-state index contributed by atoms with van der Waals surface area (Å²) in [5, 5.41) is 5.51. The van der Waals surface area contributed by atoms with E-state index in [0.29, 0.717) is 0 Å². The molecule has 28 heavy (non-hydrogen) atoms. The monoisotopic (exact) mass is 387 g/mol. The quantitative estimate of drug-likeness (QED) is 0.332. The lowest BCUT2D eigenvalue weighted by Gasteiger charge is -2.39. The highest BCUT2D eigenvalue weighted by molar-refractivity contribution is 6.99. The first-order valence-corrected chi connectivity index (χ1v) is 11.3. The summed E-state index contributed by atoms with van der Waals surface area (Å²) in [4.78, 5) is 10.6. The van der Waals surface area contributed by atoms with Gasteiger partial charge in [-0.3, -0.25) is 0 Å². The smallest absolute Gasteiger partial charge is 0.355 e. The van der Waals surface area contributed by atoms with E-state index in [-0.39, 0.29) is 5.04 Å². The van der Waals surface area contributed by atoms with E-state index >= 15 is 0 Å². The minimum atomic E-state index is -2.70. The molecule has 0 spiro atoms. The summed E-state index contributed by atoms with van der Waals surface area (Å²) >= 11 is 0. The first kappa shape index (κ1) is 19.8. The van der Waals surface area contributed by atoms with Crippen LogP contribution in [0.5, 0.6) is 0 Å². The van der Waals surface area contributed by atoms with Crippen LogP contribution in [0.1, 0.15) is 27.2 Å². The van der Waals surface area contributed by atoms with Crippen molar-refractivity contribution >= 4 is 24.8 Å². The van der Waals surface area contributed by atoms with Gasteiger partial charge in [-0.15, -0.1) is 0 Å². The van der Waals surface area contributed by atoms with Crippen LogP contribution in [-0.2, 0) is 9.32 Å². The molecule has 0 aromatic heterocycles. The number of hydrogen-bond donors (Lipinski definition) is 0. The summed E-state index contributed by atoms with van der Waals surface area (Å²) in [7, 11) is -2.70. The summed E-state index contributed by atoms with van der Waals surface area (Å²) < 4.78 is 5.86. The van der Waals surface area contributed by atoms with Gasteiger partial charge in [0.2, 0.25) is 0 Å². The molecule has 3 nitrogen and oxygen atoms in total. The van der Waals surface area contributed by atoms with Crippen LogP contribution in [0, 0.1) is 0 Å². The molecule has 2 aliphatic rings. The summed E-state index contributed by atoms with van der Waals surface area (Å²) in [6.45, 7) is 6.37. The van der Waals surface area contributed by atoms with Crippen LogP contribution in [0.4, 0.5) is 0 Å². The Morgan fingerprint density at radius 3 is 1.61 bits per heavy atom. The van der Waals surface area contributed by atoms with Crippen molar-refractivity contribution in [2.75, 3.05) is 0 Å². The maximum Gasteiger partial charge on any atom is 0.355 e. The number of nitrogens with zero attached hydrogens (tertiary/aromatic N) is 1. The molecule has 0 heterocycles. The van der Waals surface area contributed by atoms with Gasteiger partial charge >= 0.3 is 8.32 Å². The van der Waals surface area contributed by atoms with E-state index < -0.39 is 8.32 Å². The van der Waals surface area contributed by atoms with Crippen molar-refractivity contribution in [3.8, 4) is 0 Å². The van der Waals surface area contributed by atoms with Crippen molar-refractivity contribution in [2.24, 2.45) is 5.16 Å². The van der Waals surface area contributed by atoms with E-state index in [1.807, 2.05) is 60.7 Å². The van der Waals surface area contributed by atoms with Crippen LogP contribution in [-0.4, -0.2) is 14.4 Å². The molecule has 0 atom stereocenters. The molecule has 2 bridgehead atoms. The standard InChI is InChI=1S/C17H19NO2Si.C7H6/c1-17(2,3)21(20-18-14-19,15-10-6-4-7-11-15)16-12-8-5-9-13-16;1-2-7-4-3-6(1)5-7/h4-13H,1-3H3;1-4H,5H2. The first-order chi connectivity index (χ1) is 13.5. The number of fused-ring (bicyclic) bond motifs is 2. The second-order valence-corrected chi connectivity index (χ2v) is 12.1. The predicted octanol–water partition coefficient (Wildman–Crippen LogP) is 4.63. The van der Waals surface area contributed by atoms with Gasteiger partial charge in [-0.25, -0.2) is 4.79 Å². The molecule has 0 amide bonds. The first-order valence-electron chi connectivity index (χ1n) is 9.41. The summed E-state index contributed by atoms with van der Waals surface area (Å²) in [5.41, 5.74) is 2.94. The van der Waals surface area contributed by atoms with Gasteiger partial charge in [0, 0.05) is 5.04 Å². The Hall–Kier alpha value is -2.94. The lowest BCUT2D eigenvalue weighted by molar-refractivity contribution is 0.315. The van der Waals surface area contributed by atoms with E-state index in [4.69, 9.17) is 4.53 Å². The maximum absolute atomic E-state index is 10.6. The van der Waals surface area contributed by atoms with Crippen LogP contribution in [0.3, 0.4) is 0 Å². The van der Waals surface area contributed by atoms with Crippen molar-refractivity contribution in [3.63, 3.8) is 0 Å². The molecular weight excluding hydrogens is 362 g/mol. The largest absolute Gasteiger partial charge is 0.434 e. The van der Waals surface area contributed by atoms with Crippen molar-refractivity contribution in [3.05, 3.63) is 96.1 Å². The van der Waals surface area contributed by atoms with Gasteiger partial charge in [-0.2, -0.15) is 0 Å². The Bertz CT molecular complexity index is 888.